The molecule has 202 valence electrons. The molecule has 0 bridgehead atoms. The summed E-state index contributed by atoms with van der Waals surface area (Å²) in [6, 6.07) is 14.6. The summed E-state index contributed by atoms with van der Waals surface area (Å²) < 4.78 is 37.3. The maximum absolute atomic E-state index is 15.1. The van der Waals surface area contributed by atoms with Gasteiger partial charge >= 0.3 is 5.97 Å². The molecule has 1 fully saturated rings. The molecule has 0 radical (unpaired) electrons. The highest BCUT2D eigenvalue weighted by Gasteiger charge is 2.34. The number of esters is 1. The Hall–Kier alpha value is -3.89. The molecule has 0 N–H and O–H groups in total. The molecular formula is C32H32FNO5. The number of ether oxygens (including phenoxy) is 4. The van der Waals surface area contributed by atoms with Gasteiger partial charge in [-0.25, -0.2) is 9.37 Å². The Morgan fingerprint density at radius 2 is 1.97 bits per heavy atom. The summed E-state index contributed by atoms with van der Waals surface area (Å²) in [6.07, 6.45) is 2.94. The first-order chi connectivity index (χ1) is 18.9. The average Bonchev–Trinajstić information content (AvgIpc) is 3.36. The summed E-state index contributed by atoms with van der Waals surface area (Å²) in [6.45, 7) is 5.83. The molecule has 1 aliphatic heterocycles. The van der Waals surface area contributed by atoms with Crippen LogP contribution in [-0.4, -0.2) is 37.9 Å². The third-order valence-electron chi connectivity index (χ3n) is 7.28. The van der Waals surface area contributed by atoms with E-state index in [-0.39, 0.29) is 29.5 Å². The van der Waals surface area contributed by atoms with Gasteiger partial charge in [-0.15, -0.1) is 5.92 Å². The minimum Gasteiger partial charge on any atom is -0.486 e. The molecule has 1 aromatic heterocycles. The number of hydrogen-bond donors (Lipinski definition) is 0. The quantitative estimate of drug-likeness (QED) is 0.249. The molecule has 2 aliphatic rings. The molecule has 39 heavy (non-hydrogen) atoms. The molecule has 2 aromatic carbocycles. The minimum atomic E-state index is -0.395. The fourth-order valence-electron chi connectivity index (χ4n) is 5.09. The Morgan fingerprint density at radius 3 is 2.62 bits per heavy atom. The summed E-state index contributed by atoms with van der Waals surface area (Å²) in [5.74, 6) is 6.30. The molecule has 0 saturated carbocycles. The minimum absolute atomic E-state index is 0.0435. The number of carbonyl (C=O) groups is 1. The van der Waals surface area contributed by atoms with Crippen LogP contribution in [-0.2, 0) is 20.7 Å². The number of aromatic nitrogens is 1. The van der Waals surface area contributed by atoms with Gasteiger partial charge in [-0.05, 0) is 60.7 Å². The lowest BCUT2D eigenvalue weighted by molar-refractivity contribution is -0.140. The predicted octanol–water partition coefficient (Wildman–Crippen LogP) is 6.04. The summed E-state index contributed by atoms with van der Waals surface area (Å²) >= 11 is 0. The van der Waals surface area contributed by atoms with Gasteiger partial charge in [-0.3, -0.25) is 4.79 Å². The van der Waals surface area contributed by atoms with Crippen LogP contribution < -0.4 is 9.47 Å². The van der Waals surface area contributed by atoms with Gasteiger partial charge in [0.05, 0.1) is 39.3 Å². The Bertz CT molecular complexity index is 1390. The van der Waals surface area contributed by atoms with Crippen molar-refractivity contribution >= 4 is 5.97 Å². The molecule has 1 saturated heterocycles. The first-order valence-corrected chi connectivity index (χ1v) is 13.1. The molecule has 0 amide bonds. The van der Waals surface area contributed by atoms with Gasteiger partial charge in [0.2, 0.25) is 5.88 Å². The lowest BCUT2D eigenvalue weighted by Crippen LogP contribution is -2.44. The van der Waals surface area contributed by atoms with Crippen molar-refractivity contribution in [2.75, 3.05) is 26.9 Å². The van der Waals surface area contributed by atoms with E-state index < -0.39 is 6.10 Å². The molecule has 0 unspecified atom stereocenters. The summed E-state index contributed by atoms with van der Waals surface area (Å²) in [5, 5.41) is 0. The second-order valence-electron chi connectivity index (χ2n) is 10.4. The molecule has 1 aliphatic carbocycles. The van der Waals surface area contributed by atoms with E-state index in [4.69, 9.17) is 18.9 Å². The third-order valence-corrected chi connectivity index (χ3v) is 7.28. The maximum atomic E-state index is 15.1. The van der Waals surface area contributed by atoms with Gasteiger partial charge in [0, 0.05) is 28.8 Å². The van der Waals surface area contributed by atoms with Crippen LogP contribution in [0.15, 0.2) is 54.7 Å². The van der Waals surface area contributed by atoms with E-state index in [2.05, 4.69) is 23.7 Å². The first-order valence-electron chi connectivity index (χ1n) is 13.1. The Balaban J connectivity index is 1.30. The zero-order valence-corrected chi connectivity index (χ0v) is 22.5. The number of halogens is 1. The van der Waals surface area contributed by atoms with Crippen molar-refractivity contribution in [3.8, 4) is 34.6 Å². The molecule has 2 heterocycles. The van der Waals surface area contributed by atoms with Crippen LogP contribution in [0.2, 0.25) is 0 Å². The fourth-order valence-corrected chi connectivity index (χ4v) is 5.09. The van der Waals surface area contributed by atoms with Crippen molar-refractivity contribution in [2.45, 2.75) is 45.1 Å². The van der Waals surface area contributed by atoms with Gasteiger partial charge in [-0.1, -0.05) is 31.0 Å². The van der Waals surface area contributed by atoms with Crippen molar-refractivity contribution < 1.29 is 28.1 Å². The normalized spacial score (nSPS) is 17.7. The number of hydrogen-bond acceptors (Lipinski definition) is 6. The smallest absolute Gasteiger partial charge is 0.307 e. The SMILES string of the molecule is CC#C[C@@H](CC(=O)OC)c1ccc(O[C@@H]2CCc3c(-c4ccc(OCC5(C)COC5)nc4)ccc(F)c32)cc1. The van der Waals surface area contributed by atoms with Crippen LogP contribution in [0.25, 0.3) is 11.1 Å². The van der Waals surface area contributed by atoms with Crippen LogP contribution in [0.3, 0.4) is 0 Å². The van der Waals surface area contributed by atoms with Crippen LogP contribution in [0.1, 0.15) is 55.4 Å². The van der Waals surface area contributed by atoms with Gasteiger partial charge in [0.15, 0.2) is 0 Å². The molecule has 0 spiro atoms. The van der Waals surface area contributed by atoms with Crippen molar-refractivity contribution in [3.63, 3.8) is 0 Å². The van der Waals surface area contributed by atoms with E-state index in [1.807, 2.05) is 42.5 Å². The van der Waals surface area contributed by atoms with Gasteiger partial charge in [0.1, 0.15) is 17.7 Å². The van der Waals surface area contributed by atoms with Crippen LogP contribution in [0, 0.1) is 23.1 Å². The number of rotatable bonds is 9. The van der Waals surface area contributed by atoms with Gasteiger partial charge in [-0.2, -0.15) is 0 Å². The number of methoxy groups -OCH3 is 1. The highest BCUT2D eigenvalue weighted by atomic mass is 19.1. The van der Waals surface area contributed by atoms with E-state index in [1.54, 1.807) is 13.1 Å². The van der Waals surface area contributed by atoms with Crippen molar-refractivity contribution in [2.24, 2.45) is 5.41 Å². The highest BCUT2D eigenvalue weighted by molar-refractivity contribution is 5.71. The van der Waals surface area contributed by atoms with Crippen LogP contribution >= 0.6 is 0 Å². The lowest BCUT2D eigenvalue weighted by Gasteiger charge is -2.37. The first kappa shape index (κ1) is 26.7. The summed E-state index contributed by atoms with van der Waals surface area (Å²) in [7, 11) is 1.37. The van der Waals surface area contributed by atoms with Crippen molar-refractivity contribution in [1.82, 2.24) is 4.98 Å². The highest BCUT2D eigenvalue weighted by Crippen LogP contribution is 2.42. The summed E-state index contributed by atoms with van der Waals surface area (Å²) in [4.78, 5) is 16.3. The zero-order chi connectivity index (χ0) is 27.4. The fraction of sp³-hybridized carbons (Fsp3) is 0.375. The number of carbonyl (C=O) groups excluding carboxylic acids is 1. The Morgan fingerprint density at radius 1 is 1.18 bits per heavy atom. The van der Waals surface area contributed by atoms with E-state index in [1.165, 1.54) is 13.2 Å². The molecule has 7 heteroatoms. The second kappa shape index (κ2) is 11.5. The van der Waals surface area contributed by atoms with Gasteiger partial charge in [0.25, 0.3) is 0 Å². The monoisotopic (exact) mass is 529 g/mol. The zero-order valence-electron chi connectivity index (χ0n) is 22.5. The molecule has 3 aromatic rings. The van der Waals surface area contributed by atoms with Crippen LogP contribution in [0.5, 0.6) is 11.6 Å². The van der Waals surface area contributed by atoms with Crippen molar-refractivity contribution in [3.05, 3.63) is 77.2 Å². The van der Waals surface area contributed by atoms with Crippen LogP contribution in [0.4, 0.5) is 4.39 Å². The summed E-state index contributed by atoms with van der Waals surface area (Å²) in [5.41, 5.74) is 4.35. The maximum Gasteiger partial charge on any atom is 0.307 e. The standard InChI is InChI=1S/C32H32FNO5/c1-4-5-22(16-30(35)36-3)21-6-9-24(10-7-21)39-28-14-12-26-25(11-13-27(33)31(26)28)23-8-15-29(34-17-23)38-20-32(2)18-37-19-32/h6-11,13,15,17,22,28H,12,14,16,18-20H2,1-3H3/t22-,28+/m0/s1. The van der Waals surface area contributed by atoms with Crippen molar-refractivity contribution in [1.29, 1.82) is 0 Å². The predicted molar refractivity (Wildman–Crippen MR) is 145 cm³/mol. The van der Waals surface area contributed by atoms with E-state index in [9.17, 15) is 4.79 Å². The van der Waals surface area contributed by atoms with E-state index >= 15 is 4.39 Å². The molecule has 6 nitrogen and oxygen atoms in total. The molecule has 5 rings (SSSR count). The van der Waals surface area contributed by atoms with E-state index in [0.29, 0.717) is 49.9 Å². The van der Waals surface area contributed by atoms with E-state index in [0.717, 1.165) is 22.3 Å². The topological polar surface area (TPSA) is 66.9 Å². The molecular weight excluding hydrogens is 497 g/mol. The number of pyridine rings is 1. The lowest BCUT2D eigenvalue weighted by atomic mass is 9.90. The Kier molecular flexibility index (Phi) is 7.85. The average molecular weight is 530 g/mol. The number of nitrogens with zero attached hydrogens (tertiary/aromatic N) is 1. The number of fused-ring (bicyclic) bond motifs is 1. The largest absolute Gasteiger partial charge is 0.486 e. The third kappa shape index (κ3) is 5.91. The number of benzene rings is 2. The molecule has 2 atom stereocenters. The second-order valence-corrected chi connectivity index (χ2v) is 10.4. The Labute approximate surface area is 228 Å². The van der Waals surface area contributed by atoms with Gasteiger partial charge < -0.3 is 18.9 Å².